The summed E-state index contributed by atoms with van der Waals surface area (Å²) < 4.78 is 5.17. The van der Waals surface area contributed by atoms with Crippen molar-refractivity contribution in [3.8, 4) is 5.75 Å². The van der Waals surface area contributed by atoms with Crippen molar-refractivity contribution < 1.29 is 4.74 Å². The molecule has 1 fully saturated rings. The summed E-state index contributed by atoms with van der Waals surface area (Å²) in [6, 6.07) is 7.70. The molecule has 3 rings (SSSR count). The van der Waals surface area contributed by atoms with Gasteiger partial charge in [0.15, 0.2) is 5.82 Å². The number of likely N-dealkylation sites (N-methyl/N-ethyl adjacent to an activating group) is 1. The second kappa shape index (κ2) is 7.54. The van der Waals surface area contributed by atoms with Crippen LogP contribution in [0.1, 0.15) is 12.8 Å². The Kier molecular flexibility index (Phi) is 5.20. The van der Waals surface area contributed by atoms with Gasteiger partial charge in [-0.25, -0.2) is 10.8 Å². The first-order valence-corrected chi connectivity index (χ1v) is 8.33. The molecule has 25 heavy (non-hydrogen) atoms. The number of ether oxygens (including phenoxy) is 1. The lowest BCUT2D eigenvalue weighted by molar-refractivity contribution is 0.260. The van der Waals surface area contributed by atoms with Gasteiger partial charge in [0.1, 0.15) is 5.75 Å². The van der Waals surface area contributed by atoms with Crippen LogP contribution in [0.3, 0.4) is 0 Å². The molecule has 0 radical (unpaired) electrons. The van der Waals surface area contributed by atoms with E-state index in [2.05, 4.69) is 27.2 Å². The fourth-order valence-electron chi connectivity index (χ4n) is 2.98. The van der Waals surface area contributed by atoms with Crippen LogP contribution in [0.25, 0.3) is 0 Å². The van der Waals surface area contributed by atoms with Gasteiger partial charge in [0.25, 0.3) is 0 Å². The number of nitrogens with zero attached hydrogens (tertiary/aromatic N) is 4. The maximum absolute atomic E-state index is 6.22. The summed E-state index contributed by atoms with van der Waals surface area (Å²) in [6.45, 7) is 2.09. The molecule has 1 saturated heterocycles. The Hall–Kier alpha value is -2.58. The van der Waals surface area contributed by atoms with Gasteiger partial charge in [-0.05, 0) is 50.7 Å². The van der Waals surface area contributed by atoms with Crippen molar-refractivity contribution in [3.63, 3.8) is 0 Å². The van der Waals surface area contributed by atoms with Crippen LogP contribution in [0.2, 0.25) is 0 Å². The summed E-state index contributed by atoms with van der Waals surface area (Å²) >= 11 is 0. The van der Waals surface area contributed by atoms with Crippen LogP contribution in [0.15, 0.2) is 30.5 Å². The average Bonchev–Trinajstić information content (AvgIpc) is 2.63. The number of nitrogens with two attached hydrogens (primary N) is 2. The highest BCUT2D eigenvalue weighted by Crippen LogP contribution is 2.27. The Labute approximate surface area is 147 Å². The van der Waals surface area contributed by atoms with E-state index in [-0.39, 0.29) is 0 Å². The Morgan fingerprint density at radius 2 is 2.08 bits per heavy atom. The molecule has 1 aromatic carbocycles. The van der Waals surface area contributed by atoms with E-state index in [1.807, 2.05) is 24.3 Å². The Morgan fingerprint density at radius 1 is 1.32 bits per heavy atom. The van der Waals surface area contributed by atoms with Gasteiger partial charge in [-0.15, -0.1) is 0 Å². The lowest BCUT2D eigenvalue weighted by Gasteiger charge is -2.30. The number of hydrogen-bond donors (Lipinski definition) is 3. The van der Waals surface area contributed by atoms with Gasteiger partial charge in [0.2, 0.25) is 5.95 Å². The Bertz CT molecular complexity index is 707. The number of hydrogen-bond acceptors (Lipinski definition) is 8. The van der Waals surface area contributed by atoms with Crippen molar-refractivity contribution in [2.75, 3.05) is 43.3 Å². The highest BCUT2D eigenvalue weighted by Gasteiger charge is 2.19. The Balaban J connectivity index is 1.78. The molecule has 1 unspecified atom stereocenters. The minimum Gasteiger partial charge on any atom is -0.497 e. The second-order valence-electron chi connectivity index (χ2n) is 6.29. The smallest absolute Gasteiger partial charge is 0.225 e. The summed E-state index contributed by atoms with van der Waals surface area (Å²) in [5, 5.41) is 4.83. The molecule has 1 aliphatic heterocycles. The van der Waals surface area contributed by atoms with Crippen molar-refractivity contribution >= 4 is 23.1 Å². The third kappa shape index (κ3) is 4.09. The second-order valence-corrected chi connectivity index (χ2v) is 6.29. The molecule has 1 atom stereocenters. The average molecular weight is 343 g/mol. The minimum absolute atomic E-state index is 0.322. The SMILES string of the molecule is COc1ccc(N(N)c2nc(NC3CCCN(C)C3)ncc2N)cc1. The number of nitrogen functional groups attached to an aromatic ring is 1. The van der Waals surface area contributed by atoms with Gasteiger partial charge in [0.05, 0.1) is 24.7 Å². The molecule has 8 nitrogen and oxygen atoms in total. The van der Waals surface area contributed by atoms with E-state index in [1.165, 1.54) is 5.01 Å². The van der Waals surface area contributed by atoms with Crippen LogP contribution in [-0.4, -0.2) is 48.2 Å². The Morgan fingerprint density at radius 3 is 2.76 bits per heavy atom. The van der Waals surface area contributed by atoms with Gasteiger partial charge < -0.3 is 20.7 Å². The first kappa shape index (κ1) is 17.2. The number of rotatable bonds is 5. The lowest BCUT2D eigenvalue weighted by atomic mass is 10.1. The number of methoxy groups -OCH3 is 1. The normalized spacial score (nSPS) is 18.0. The number of anilines is 4. The lowest BCUT2D eigenvalue weighted by Crippen LogP contribution is -2.40. The molecule has 8 heteroatoms. The quantitative estimate of drug-likeness (QED) is 0.555. The third-order valence-electron chi connectivity index (χ3n) is 4.33. The summed E-state index contributed by atoms with van der Waals surface area (Å²) in [4.78, 5) is 11.1. The van der Waals surface area contributed by atoms with Gasteiger partial charge in [-0.3, -0.25) is 5.01 Å². The molecule has 1 aromatic heterocycles. The largest absolute Gasteiger partial charge is 0.497 e. The summed E-state index contributed by atoms with van der Waals surface area (Å²) in [6.07, 6.45) is 3.84. The summed E-state index contributed by atoms with van der Waals surface area (Å²) in [5.41, 5.74) is 7.21. The number of piperidine rings is 1. The number of nitrogens with one attached hydrogen (secondary N) is 1. The highest BCUT2D eigenvalue weighted by molar-refractivity contribution is 5.70. The topological polar surface area (TPSA) is 106 Å². The number of likely N-dealkylation sites (tertiary alicyclic amines) is 1. The van der Waals surface area contributed by atoms with Gasteiger partial charge >= 0.3 is 0 Å². The fraction of sp³-hybridized carbons (Fsp3) is 0.412. The van der Waals surface area contributed by atoms with Crippen LogP contribution in [0.5, 0.6) is 5.75 Å². The van der Waals surface area contributed by atoms with E-state index in [0.717, 1.165) is 37.4 Å². The van der Waals surface area contributed by atoms with Crippen molar-refractivity contribution in [2.24, 2.45) is 5.84 Å². The predicted molar refractivity (Wildman–Crippen MR) is 99.9 cm³/mol. The first-order chi connectivity index (χ1) is 12.1. The monoisotopic (exact) mass is 343 g/mol. The third-order valence-corrected chi connectivity index (χ3v) is 4.33. The standard InChI is InChI=1S/C17H25N7O/c1-23-9-3-4-12(11-23)21-17-20-10-15(18)16(22-17)24(19)13-5-7-14(25-2)8-6-13/h5-8,10,12H,3-4,9,11,18-19H2,1-2H3,(H,20,21,22). The van der Waals surface area contributed by atoms with Crippen LogP contribution in [0.4, 0.5) is 23.1 Å². The molecule has 0 amide bonds. The predicted octanol–water partition coefficient (Wildman–Crippen LogP) is 1.59. The van der Waals surface area contributed by atoms with Crippen LogP contribution >= 0.6 is 0 Å². The molecule has 2 aromatic rings. The molecule has 2 heterocycles. The van der Waals surface area contributed by atoms with Crippen molar-refractivity contribution in [1.29, 1.82) is 0 Å². The van der Waals surface area contributed by atoms with Crippen molar-refractivity contribution in [2.45, 2.75) is 18.9 Å². The van der Waals surface area contributed by atoms with E-state index >= 15 is 0 Å². The summed E-state index contributed by atoms with van der Waals surface area (Å²) in [7, 11) is 3.74. The fourth-order valence-corrected chi connectivity index (χ4v) is 2.98. The van der Waals surface area contributed by atoms with Gasteiger partial charge in [-0.1, -0.05) is 0 Å². The maximum atomic E-state index is 6.22. The van der Waals surface area contributed by atoms with E-state index in [0.29, 0.717) is 23.5 Å². The van der Waals surface area contributed by atoms with Gasteiger partial charge in [0, 0.05) is 12.6 Å². The van der Waals surface area contributed by atoms with Crippen LogP contribution < -0.4 is 26.6 Å². The molecule has 1 aliphatic rings. The zero-order chi connectivity index (χ0) is 17.8. The molecule has 0 aliphatic carbocycles. The molecule has 0 saturated carbocycles. The van der Waals surface area contributed by atoms with E-state index < -0.39 is 0 Å². The zero-order valence-corrected chi connectivity index (χ0v) is 14.6. The molecule has 0 bridgehead atoms. The molecular weight excluding hydrogens is 318 g/mol. The minimum atomic E-state index is 0.322. The van der Waals surface area contributed by atoms with Crippen LogP contribution in [-0.2, 0) is 0 Å². The van der Waals surface area contributed by atoms with E-state index in [9.17, 15) is 0 Å². The first-order valence-electron chi connectivity index (χ1n) is 8.33. The van der Waals surface area contributed by atoms with E-state index in [1.54, 1.807) is 13.3 Å². The number of benzene rings is 1. The van der Waals surface area contributed by atoms with Crippen LogP contribution in [0, 0.1) is 0 Å². The molecule has 134 valence electrons. The maximum Gasteiger partial charge on any atom is 0.225 e. The number of hydrazine groups is 1. The molecular formula is C17H25N7O. The zero-order valence-electron chi connectivity index (χ0n) is 14.6. The summed E-state index contributed by atoms with van der Waals surface area (Å²) in [5.74, 6) is 7.98. The highest BCUT2D eigenvalue weighted by atomic mass is 16.5. The van der Waals surface area contributed by atoms with E-state index in [4.69, 9.17) is 16.3 Å². The van der Waals surface area contributed by atoms with Crippen molar-refractivity contribution in [3.05, 3.63) is 30.5 Å². The molecule has 5 N–H and O–H groups in total. The van der Waals surface area contributed by atoms with Gasteiger partial charge in [-0.2, -0.15) is 4.98 Å². The molecule has 0 spiro atoms. The number of aromatic nitrogens is 2. The van der Waals surface area contributed by atoms with Crippen molar-refractivity contribution in [1.82, 2.24) is 14.9 Å².